The second-order valence-electron chi connectivity index (χ2n) is 9.69. The molecule has 0 amide bonds. The van der Waals surface area contributed by atoms with Crippen LogP contribution in [0.4, 0.5) is 11.4 Å². The van der Waals surface area contributed by atoms with Gasteiger partial charge in [0.25, 0.3) is 5.69 Å². The first kappa shape index (κ1) is 23.4. The normalized spacial score (nSPS) is 22.8. The molecule has 2 heterocycles. The molecule has 0 atom stereocenters. The predicted octanol–water partition coefficient (Wildman–Crippen LogP) is 3.34. The SMILES string of the molecule is O=[N+]([O-])c1cccc(N2CCN(CC3CCN(S(=O)(=O)CC4CCCCC4)CC3)CC2)c1. The summed E-state index contributed by atoms with van der Waals surface area (Å²) in [5.74, 6) is 1.24. The van der Waals surface area contributed by atoms with Gasteiger partial charge in [0.05, 0.1) is 10.7 Å². The van der Waals surface area contributed by atoms with Crippen LogP contribution in [0, 0.1) is 22.0 Å². The fourth-order valence-electron chi connectivity index (χ4n) is 5.48. The van der Waals surface area contributed by atoms with Crippen molar-refractivity contribution in [2.75, 3.05) is 56.5 Å². The molecule has 0 bridgehead atoms. The number of nitrogens with zero attached hydrogens (tertiary/aromatic N) is 4. The van der Waals surface area contributed by atoms with Gasteiger partial charge in [0, 0.05) is 63.6 Å². The van der Waals surface area contributed by atoms with Crippen LogP contribution in [0.5, 0.6) is 0 Å². The molecule has 3 fully saturated rings. The van der Waals surface area contributed by atoms with E-state index in [1.807, 2.05) is 6.07 Å². The Morgan fingerprint density at radius 2 is 1.59 bits per heavy atom. The summed E-state index contributed by atoms with van der Waals surface area (Å²) >= 11 is 0. The minimum atomic E-state index is -3.12. The molecule has 0 N–H and O–H groups in total. The summed E-state index contributed by atoms with van der Waals surface area (Å²) in [6.07, 6.45) is 7.62. The highest BCUT2D eigenvalue weighted by atomic mass is 32.2. The third-order valence-electron chi connectivity index (χ3n) is 7.43. The van der Waals surface area contributed by atoms with Crippen molar-refractivity contribution < 1.29 is 13.3 Å². The molecule has 178 valence electrons. The van der Waals surface area contributed by atoms with Crippen LogP contribution < -0.4 is 4.90 Å². The van der Waals surface area contributed by atoms with Crippen molar-refractivity contribution in [3.8, 4) is 0 Å². The van der Waals surface area contributed by atoms with E-state index in [2.05, 4.69) is 9.80 Å². The molecular formula is C23H36N4O4S. The lowest BCUT2D eigenvalue weighted by atomic mass is 9.91. The molecule has 9 heteroatoms. The molecule has 3 aliphatic rings. The summed E-state index contributed by atoms with van der Waals surface area (Å²) in [5, 5.41) is 11.0. The van der Waals surface area contributed by atoms with Gasteiger partial charge in [0.2, 0.25) is 10.0 Å². The van der Waals surface area contributed by atoms with Gasteiger partial charge in [0.15, 0.2) is 0 Å². The van der Waals surface area contributed by atoms with Crippen LogP contribution in [0.1, 0.15) is 44.9 Å². The van der Waals surface area contributed by atoms with Crippen LogP contribution in [0.25, 0.3) is 0 Å². The van der Waals surface area contributed by atoms with Gasteiger partial charge in [-0.25, -0.2) is 12.7 Å². The molecule has 0 radical (unpaired) electrons. The van der Waals surface area contributed by atoms with Gasteiger partial charge in [-0.05, 0) is 43.6 Å². The Balaban J connectivity index is 1.21. The van der Waals surface area contributed by atoms with Crippen LogP contribution in [-0.2, 0) is 10.0 Å². The second-order valence-corrected chi connectivity index (χ2v) is 11.7. The zero-order valence-electron chi connectivity index (χ0n) is 18.9. The Morgan fingerprint density at radius 1 is 0.906 bits per heavy atom. The summed E-state index contributed by atoms with van der Waals surface area (Å²) in [6.45, 7) is 5.91. The number of benzene rings is 1. The molecular weight excluding hydrogens is 428 g/mol. The van der Waals surface area contributed by atoms with Crippen molar-refractivity contribution in [3.05, 3.63) is 34.4 Å². The van der Waals surface area contributed by atoms with E-state index in [9.17, 15) is 18.5 Å². The maximum absolute atomic E-state index is 12.9. The largest absolute Gasteiger partial charge is 0.369 e. The van der Waals surface area contributed by atoms with Crippen LogP contribution in [-0.4, -0.2) is 74.1 Å². The highest BCUT2D eigenvalue weighted by molar-refractivity contribution is 7.89. The first-order chi connectivity index (χ1) is 15.4. The number of hydrogen-bond donors (Lipinski definition) is 0. The van der Waals surface area contributed by atoms with Gasteiger partial charge in [-0.2, -0.15) is 0 Å². The van der Waals surface area contributed by atoms with E-state index in [4.69, 9.17) is 0 Å². The summed E-state index contributed by atoms with van der Waals surface area (Å²) in [6, 6.07) is 6.86. The van der Waals surface area contributed by atoms with E-state index >= 15 is 0 Å². The van der Waals surface area contributed by atoms with Crippen molar-refractivity contribution in [1.82, 2.24) is 9.21 Å². The number of piperazine rings is 1. The van der Waals surface area contributed by atoms with E-state index in [0.29, 0.717) is 30.7 Å². The average Bonchev–Trinajstić information content (AvgIpc) is 2.80. The number of anilines is 1. The maximum Gasteiger partial charge on any atom is 0.271 e. The van der Waals surface area contributed by atoms with E-state index in [-0.39, 0.29) is 10.6 Å². The van der Waals surface area contributed by atoms with Crippen molar-refractivity contribution in [2.24, 2.45) is 11.8 Å². The van der Waals surface area contributed by atoms with Crippen molar-refractivity contribution >= 4 is 21.4 Å². The smallest absolute Gasteiger partial charge is 0.271 e. The Morgan fingerprint density at radius 3 is 2.25 bits per heavy atom. The molecule has 1 aromatic carbocycles. The first-order valence-electron chi connectivity index (χ1n) is 12.1. The lowest BCUT2D eigenvalue weighted by Crippen LogP contribution is -2.49. The molecule has 1 saturated carbocycles. The zero-order chi connectivity index (χ0) is 22.6. The Labute approximate surface area is 191 Å². The van der Waals surface area contributed by atoms with Crippen molar-refractivity contribution in [3.63, 3.8) is 0 Å². The number of rotatable bonds is 7. The number of nitro benzene ring substituents is 1. The molecule has 0 unspecified atom stereocenters. The third kappa shape index (κ3) is 5.99. The highest BCUT2D eigenvalue weighted by Crippen LogP contribution is 2.28. The van der Waals surface area contributed by atoms with E-state index in [1.165, 1.54) is 25.3 Å². The van der Waals surface area contributed by atoms with Crippen molar-refractivity contribution in [2.45, 2.75) is 44.9 Å². The Bertz CT molecular complexity index is 872. The van der Waals surface area contributed by atoms with Crippen LogP contribution in [0.15, 0.2) is 24.3 Å². The monoisotopic (exact) mass is 464 g/mol. The fourth-order valence-corrected chi connectivity index (χ4v) is 7.39. The average molecular weight is 465 g/mol. The lowest BCUT2D eigenvalue weighted by molar-refractivity contribution is -0.384. The first-order valence-corrected chi connectivity index (χ1v) is 13.7. The lowest BCUT2D eigenvalue weighted by Gasteiger charge is -2.39. The van der Waals surface area contributed by atoms with Gasteiger partial charge in [-0.15, -0.1) is 0 Å². The summed E-state index contributed by atoms with van der Waals surface area (Å²) in [7, 11) is -3.12. The van der Waals surface area contributed by atoms with Gasteiger partial charge in [-0.1, -0.05) is 25.3 Å². The quantitative estimate of drug-likeness (QED) is 0.454. The molecule has 0 aromatic heterocycles. The van der Waals surface area contributed by atoms with E-state index in [0.717, 1.165) is 64.1 Å². The highest BCUT2D eigenvalue weighted by Gasteiger charge is 2.31. The van der Waals surface area contributed by atoms with Crippen LogP contribution in [0.3, 0.4) is 0 Å². The van der Waals surface area contributed by atoms with Crippen LogP contribution >= 0.6 is 0 Å². The summed E-state index contributed by atoms with van der Waals surface area (Å²) in [5.41, 5.74) is 1.05. The minimum Gasteiger partial charge on any atom is -0.369 e. The number of sulfonamides is 1. The fraction of sp³-hybridized carbons (Fsp3) is 0.739. The second kappa shape index (κ2) is 10.5. The zero-order valence-corrected chi connectivity index (χ0v) is 19.7. The molecule has 2 aliphatic heterocycles. The van der Waals surface area contributed by atoms with E-state index in [1.54, 1.807) is 16.4 Å². The van der Waals surface area contributed by atoms with Gasteiger partial charge in [-0.3, -0.25) is 15.0 Å². The maximum atomic E-state index is 12.9. The third-order valence-corrected chi connectivity index (χ3v) is 9.48. The molecule has 2 saturated heterocycles. The van der Waals surface area contributed by atoms with Crippen molar-refractivity contribution in [1.29, 1.82) is 0 Å². The standard InChI is InChI=1S/C23H36N4O4S/c28-27(29)23-8-4-7-22(17-23)25-15-13-24(14-16-25)18-20-9-11-26(12-10-20)32(30,31)19-21-5-2-1-3-6-21/h4,7-8,17,20-21H,1-3,5-6,9-16,18-19H2. The Hall–Kier alpha value is -1.71. The molecule has 4 rings (SSSR count). The number of piperidine rings is 1. The topological polar surface area (TPSA) is 87.0 Å². The predicted molar refractivity (Wildman–Crippen MR) is 126 cm³/mol. The summed E-state index contributed by atoms with van der Waals surface area (Å²) < 4.78 is 27.5. The molecule has 1 aliphatic carbocycles. The molecule has 1 aromatic rings. The van der Waals surface area contributed by atoms with Crippen LogP contribution in [0.2, 0.25) is 0 Å². The molecule has 0 spiro atoms. The summed E-state index contributed by atoms with van der Waals surface area (Å²) in [4.78, 5) is 15.4. The molecule has 8 nitrogen and oxygen atoms in total. The van der Waals surface area contributed by atoms with Gasteiger partial charge in [0.1, 0.15) is 0 Å². The Kier molecular flexibility index (Phi) is 7.68. The number of non-ortho nitro benzene ring substituents is 1. The minimum absolute atomic E-state index is 0.134. The number of hydrogen-bond acceptors (Lipinski definition) is 6. The van der Waals surface area contributed by atoms with E-state index < -0.39 is 10.0 Å². The van der Waals surface area contributed by atoms with Gasteiger partial charge < -0.3 is 4.90 Å². The molecule has 32 heavy (non-hydrogen) atoms. The number of nitro groups is 1. The van der Waals surface area contributed by atoms with Gasteiger partial charge >= 0.3 is 0 Å².